The van der Waals surface area contributed by atoms with Crippen LogP contribution in [0.1, 0.15) is 30.1 Å². The van der Waals surface area contributed by atoms with Gasteiger partial charge in [-0.3, -0.25) is 9.59 Å². The molecule has 1 heterocycles. The number of amides is 2. The Kier molecular flexibility index (Phi) is 5.16. The molecule has 1 aliphatic rings. The summed E-state index contributed by atoms with van der Waals surface area (Å²) in [5.41, 5.74) is 5.43. The summed E-state index contributed by atoms with van der Waals surface area (Å²) < 4.78 is 10.8. The molecule has 0 aliphatic carbocycles. The average molecular weight is 292 g/mol. The molecular weight excluding hydrogens is 272 g/mol. The Hall–Kier alpha value is -2.08. The normalized spacial score (nSPS) is 19.0. The van der Waals surface area contributed by atoms with Crippen molar-refractivity contribution in [3.05, 3.63) is 29.8 Å². The van der Waals surface area contributed by atoms with Crippen molar-refractivity contribution >= 4 is 11.8 Å². The van der Waals surface area contributed by atoms with Gasteiger partial charge in [-0.15, -0.1) is 0 Å². The topological polar surface area (TPSA) is 90.6 Å². The number of nitrogens with one attached hydrogen (secondary N) is 1. The van der Waals surface area contributed by atoms with Crippen molar-refractivity contribution in [2.45, 2.75) is 31.9 Å². The van der Waals surface area contributed by atoms with Crippen LogP contribution in [0.2, 0.25) is 0 Å². The quantitative estimate of drug-likeness (QED) is 0.813. The summed E-state index contributed by atoms with van der Waals surface area (Å²) in [6.45, 7) is 2.40. The molecule has 0 radical (unpaired) electrons. The third-order valence-corrected chi connectivity index (χ3v) is 3.38. The lowest BCUT2D eigenvalue weighted by Gasteiger charge is -2.20. The Morgan fingerprint density at radius 1 is 1.48 bits per heavy atom. The smallest absolute Gasteiger partial charge is 0.255 e. The minimum absolute atomic E-state index is 0.0488. The molecule has 2 amide bonds. The molecule has 0 spiro atoms. The number of hydrogen-bond donors (Lipinski definition) is 2. The largest absolute Gasteiger partial charge is 0.483 e. The summed E-state index contributed by atoms with van der Waals surface area (Å²) in [4.78, 5) is 23.1. The van der Waals surface area contributed by atoms with Gasteiger partial charge < -0.3 is 20.5 Å². The number of rotatable bonds is 6. The standard InChI is InChI=1S/C15H20N2O4/c1-10(12-7-4-8-20-12)17-15(19)11-5-2-3-6-13(11)21-9-14(16)18/h2-3,5-6,10,12H,4,7-9H2,1H3,(H2,16,18)(H,17,19)/t10-,12-/m1/s1. The Balaban J connectivity index is 2.02. The third kappa shape index (κ3) is 4.19. The van der Waals surface area contributed by atoms with E-state index in [0.717, 1.165) is 19.4 Å². The summed E-state index contributed by atoms with van der Waals surface area (Å²) in [6, 6.07) is 6.67. The number of primary amides is 1. The molecule has 1 fully saturated rings. The molecule has 1 aliphatic heterocycles. The maximum atomic E-state index is 12.3. The summed E-state index contributed by atoms with van der Waals surface area (Å²) in [5.74, 6) is -0.496. The molecule has 114 valence electrons. The summed E-state index contributed by atoms with van der Waals surface area (Å²) >= 11 is 0. The zero-order valence-electron chi connectivity index (χ0n) is 12.0. The van der Waals surface area contributed by atoms with Crippen molar-refractivity contribution < 1.29 is 19.1 Å². The van der Waals surface area contributed by atoms with Gasteiger partial charge in [-0.1, -0.05) is 12.1 Å². The fourth-order valence-electron chi connectivity index (χ4n) is 2.30. The van der Waals surface area contributed by atoms with Crippen molar-refractivity contribution in [3.63, 3.8) is 0 Å². The first-order valence-electron chi connectivity index (χ1n) is 7.00. The highest BCUT2D eigenvalue weighted by molar-refractivity contribution is 5.97. The van der Waals surface area contributed by atoms with Crippen molar-refractivity contribution in [2.24, 2.45) is 5.73 Å². The molecule has 2 atom stereocenters. The van der Waals surface area contributed by atoms with Gasteiger partial charge in [0, 0.05) is 6.61 Å². The SMILES string of the molecule is C[C@@H](NC(=O)c1ccccc1OCC(N)=O)[C@H]1CCCO1. The van der Waals surface area contributed by atoms with Gasteiger partial charge in [-0.05, 0) is 31.9 Å². The molecule has 0 aromatic heterocycles. The van der Waals surface area contributed by atoms with Crippen LogP contribution in [0.15, 0.2) is 24.3 Å². The second-order valence-electron chi connectivity index (χ2n) is 5.06. The Bertz CT molecular complexity index is 512. The predicted octanol–water partition coefficient (Wildman–Crippen LogP) is 0.848. The zero-order chi connectivity index (χ0) is 15.2. The van der Waals surface area contributed by atoms with Crippen LogP contribution in [-0.4, -0.2) is 37.2 Å². The predicted molar refractivity (Wildman–Crippen MR) is 77.0 cm³/mol. The molecule has 0 unspecified atom stereocenters. The molecule has 1 saturated heterocycles. The Morgan fingerprint density at radius 2 is 2.24 bits per heavy atom. The molecule has 1 aromatic rings. The van der Waals surface area contributed by atoms with Gasteiger partial charge in [0.05, 0.1) is 17.7 Å². The molecule has 0 bridgehead atoms. The van der Waals surface area contributed by atoms with Crippen LogP contribution in [0.3, 0.4) is 0 Å². The maximum absolute atomic E-state index is 12.3. The molecule has 6 nitrogen and oxygen atoms in total. The molecule has 21 heavy (non-hydrogen) atoms. The fourth-order valence-corrected chi connectivity index (χ4v) is 2.30. The highest BCUT2D eigenvalue weighted by atomic mass is 16.5. The van der Waals surface area contributed by atoms with E-state index in [4.69, 9.17) is 15.2 Å². The van der Waals surface area contributed by atoms with E-state index < -0.39 is 5.91 Å². The number of para-hydroxylation sites is 1. The van der Waals surface area contributed by atoms with Gasteiger partial charge >= 0.3 is 0 Å². The van der Waals surface area contributed by atoms with Crippen LogP contribution >= 0.6 is 0 Å². The van der Waals surface area contributed by atoms with Gasteiger partial charge in [0.25, 0.3) is 11.8 Å². The highest BCUT2D eigenvalue weighted by Gasteiger charge is 2.24. The van der Waals surface area contributed by atoms with Crippen LogP contribution in [0.25, 0.3) is 0 Å². The molecule has 0 saturated carbocycles. The molecule has 2 rings (SSSR count). The first kappa shape index (κ1) is 15.3. The van der Waals surface area contributed by atoms with E-state index in [9.17, 15) is 9.59 Å². The number of hydrogen-bond acceptors (Lipinski definition) is 4. The first-order chi connectivity index (χ1) is 10.1. The monoisotopic (exact) mass is 292 g/mol. The fraction of sp³-hybridized carbons (Fsp3) is 0.467. The van der Waals surface area contributed by atoms with E-state index in [1.807, 2.05) is 6.92 Å². The number of carbonyl (C=O) groups excluding carboxylic acids is 2. The van der Waals surface area contributed by atoms with E-state index in [1.165, 1.54) is 0 Å². The minimum atomic E-state index is -0.585. The van der Waals surface area contributed by atoms with Crippen LogP contribution in [-0.2, 0) is 9.53 Å². The second kappa shape index (κ2) is 7.08. The van der Waals surface area contributed by atoms with Crippen molar-refractivity contribution in [2.75, 3.05) is 13.2 Å². The van der Waals surface area contributed by atoms with Crippen LogP contribution in [0, 0.1) is 0 Å². The molecule has 6 heteroatoms. The average Bonchev–Trinajstić information content (AvgIpc) is 2.99. The number of ether oxygens (including phenoxy) is 2. The van der Waals surface area contributed by atoms with Gasteiger partial charge in [-0.25, -0.2) is 0 Å². The summed E-state index contributed by atoms with van der Waals surface area (Å²) in [6.07, 6.45) is 2.01. The van der Waals surface area contributed by atoms with Crippen molar-refractivity contribution in [3.8, 4) is 5.75 Å². The second-order valence-corrected chi connectivity index (χ2v) is 5.06. The van der Waals surface area contributed by atoms with Crippen molar-refractivity contribution in [1.82, 2.24) is 5.32 Å². The number of nitrogens with two attached hydrogens (primary N) is 1. The lowest BCUT2D eigenvalue weighted by Crippen LogP contribution is -2.41. The van der Waals surface area contributed by atoms with Gasteiger partial charge in [0.15, 0.2) is 6.61 Å². The van der Waals surface area contributed by atoms with Crippen molar-refractivity contribution in [1.29, 1.82) is 0 Å². The van der Waals surface area contributed by atoms with Crippen LogP contribution < -0.4 is 15.8 Å². The Morgan fingerprint density at radius 3 is 2.90 bits per heavy atom. The molecule has 3 N–H and O–H groups in total. The maximum Gasteiger partial charge on any atom is 0.255 e. The van der Waals surface area contributed by atoms with E-state index in [1.54, 1.807) is 24.3 Å². The Labute approximate surface area is 123 Å². The van der Waals surface area contributed by atoms with Gasteiger partial charge in [0.1, 0.15) is 5.75 Å². The van der Waals surface area contributed by atoms with E-state index >= 15 is 0 Å². The van der Waals surface area contributed by atoms with Gasteiger partial charge in [0.2, 0.25) is 0 Å². The molecule has 1 aromatic carbocycles. The lowest BCUT2D eigenvalue weighted by molar-refractivity contribution is -0.119. The van der Waals surface area contributed by atoms with E-state index in [0.29, 0.717) is 11.3 Å². The molecular formula is C15H20N2O4. The van der Waals surface area contributed by atoms with Crippen LogP contribution in [0.5, 0.6) is 5.75 Å². The summed E-state index contributed by atoms with van der Waals surface area (Å²) in [5, 5.41) is 2.91. The third-order valence-electron chi connectivity index (χ3n) is 3.38. The lowest BCUT2D eigenvalue weighted by atomic mass is 10.1. The summed E-state index contributed by atoms with van der Waals surface area (Å²) in [7, 11) is 0. The van der Waals surface area contributed by atoms with Crippen LogP contribution in [0.4, 0.5) is 0 Å². The number of carbonyl (C=O) groups is 2. The minimum Gasteiger partial charge on any atom is -0.483 e. The number of benzene rings is 1. The van der Waals surface area contributed by atoms with Gasteiger partial charge in [-0.2, -0.15) is 0 Å². The zero-order valence-corrected chi connectivity index (χ0v) is 12.0. The highest BCUT2D eigenvalue weighted by Crippen LogP contribution is 2.20. The van der Waals surface area contributed by atoms with E-state index in [-0.39, 0.29) is 24.7 Å². The first-order valence-corrected chi connectivity index (χ1v) is 7.00. The van der Waals surface area contributed by atoms with E-state index in [2.05, 4.69) is 5.32 Å².